The van der Waals surface area contributed by atoms with Crippen LogP contribution in [0.3, 0.4) is 0 Å². The van der Waals surface area contributed by atoms with Crippen LogP contribution in [0, 0.1) is 6.92 Å². The zero-order valence-electron chi connectivity index (χ0n) is 11.7. The van der Waals surface area contributed by atoms with Crippen molar-refractivity contribution in [1.29, 1.82) is 0 Å². The Kier molecular flexibility index (Phi) is 4.22. The number of aromatic nitrogens is 1. The predicted molar refractivity (Wildman–Crippen MR) is 74.5 cm³/mol. The molecule has 1 atom stereocenters. The van der Waals surface area contributed by atoms with E-state index >= 15 is 0 Å². The van der Waals surface area contributed by atoms with Crippen LogP contribution < -0.4 is 10.9 Å². The van der Waals surface area contributed by atoms with Crippen molar-refractivity contribution < 1.29 is 9.59 Å². The smallest absolute Gasteiger partial charge is 0.260 e. The average molecular weight is 277 g/mol. The summed E-state index contributed by atoms with van der Waals surface area (Å²) in [4.78, 5) is 39.5. The summed E-state index contributed by atoms with van der Waals surface area (Å²) in [7, 11) is 0. The maximum absolute atomic E-state index is 12.0. The Labute approximate surface area is 117 Å². The van der Waals surface area contributed by atoms with Crippen molar-refractivity contribution in [3.8, 4) is 0 Å². The molecule has 1 aliphatic heterocycles. The van der Waals surface area contributed by atoms with E-state index in [-0.39, 0.29) is 17.5 Å². The standard InChI is InChI=1S/C14H19N3O3/c1-9-5-6-11(13(19)15-9)14(20)16-10(2)8-17-7-3-4-12(17)18/h5-6,10H,3-4,7-8H2,1-2H3,(H,15,19)(H,16,20)/t10-/m0/s1. The van der Waals surface area contributed by atoms with E-state index in [0.29, 0.717) is 18.7 Å². The lowest BCUT2D eigenvalue weighted by Gasteiger charge is -2.21. The molecule has 0 bridgehead atoms. The van der Waals surface area contributed by atoms with Crippen LogP contribution in [0.25, 0.3) is 0 Å². The van der Waals surface area contributed by atoms with Gasteiger partial charge in [-0.15, -0.1) is 0 Å². The summed E-state index contributed by atoms with van der Waals surface area (Å²) in [6.07, 6.45) is 1.45. The second-order valence-electron chi connectivity index (χ2n) is 5.20. The van der Waals surface area contributed by atoms with Gasteiger partial charge in [0, 0.05) is 31.2 Å². The summed E-state index contributed by atoms with van der Waals surface area (Å²) in [5, 5.41) is 2.75. The summed E-state index contributed by atoms with van der Waals surface area (Å²) in [6.45, 7) is 4.80. The molecule has 0 aromatic carbocycles. The first kappa shape index (κ1) is 14.3. The summed E-state index contributed by atoms with van der Waals surface area (Å²) >= 11 is 0. The van der Waals surface area contributed by atoms with Gasteiger partial charge in [0.1, 0.15) is 5.56 Å². The number of aryl methyl sites for hydroxylation is 1. The van der Waals surface area contributed by atoms with E-state index in [1.807, 2.05) is 6.92 Å². The first-order valence-corrected chi connectivity index (χ1v) is 6.76. The SMILES string of the molecule is Cc1ccc(C(=O)N[C@@H](C)CN2CCCC2=O)c(=O)[nH]1. The van der Waals surface area contributed by atoms with Crippen molar-refractivity contribution in [2.75, 3.05) is 13.1 Å². The second-order valence-corrected chi connectivity index (χ2v) is 5.20. The second kappa shape index (κ2) is 5.90. The Balaban J connectivity index is 1.96. The third-order valence-electron chi connectivity index (χ3n) is 3.34. The number of aromatic amines is 1. The lowest BCUT2D eigenvalue weighted by Crippen LogP contribution is -2.43. The monoisotopic (exact) mass is 277 g/mol. The van der Waals surface area contributed by atoms with E-state index in [2.05, 4.69) is 10.3 Å². The Morgan fingerprint density at radius 3 is 2.80 bits per heavy atom. The quantitative estimate of drug-likeness (QED) is 0.837. The van der Waals surface area contributed by atoms with Crippen LogP contribution >= 0.6 is 0 Å². The summed E-state index contributed by atoms with van der Waals surface area (Å²) in [5.41, 5.74) is 0.407. The molecule has 2 rings (SSSR count). The first-order valence-electron chi connectivity index (χ1n) is 6.76. The van der Waals surface area contributed by atoms with E-state index in [1.165, 1.54) is 6.07 Å². The molecular weight excluding hydrogens is 258 g/mol. The third kappa shape index (κ3) is 3.26. The Morgan fingerprint density at radius 1 is 1.45 bits per heavy atom. The maximum Gasteiger partial charge on any atom is 0.260 e. The zero-order valence-corrected chi connectivity index (χ0v) is 11.7. The van der Waals surface area contributed by atoms with Crippen LogP contribution in [0.2, 0.25) is 0 Å². The molecule has 0 spiro atoms. The van der Waals surface area contributed by atoms with Crippen molar-refractivity contribution in [3.05, 3.63) is 33.7 Å². The maximum atomic E-state index is 12.0. The first-order chi connectivity index (χ1) is 9.47. The highest BCUT2D eigenvalue weighted by atomic mass is 16.2. The van der Waals surface area contributed by atoms with Gasteiger partial charge >= 0.3 is 0 Å². The number of nitrogens with zero attached hydrogens (tertiary/aromatic N) is 1. The molecular formula is C14H19N3O3. The molecule has 6 nitrogen and oxygen atoms in total. The van der Waals surface area contributed by atoms with Gasteiger partial charge in [-0.3, -0.25) is 14.4 Å². The number of H-pyrrole nitrogens is 1. The van der Waals surface area contributed by atoms with Crippen molar-refractivity contribution in [3.63, 3.8) is 0 Å². The molecule has 2 N–H and O–H groups in total. The van der Waals surface area contributed by atoms with Crippen molar-refractivity contribution in [2.45, 2.75) is 32.7 Å². The van der Waals surface area contributed by atoms with Gasteiger partial charge in [0.2, 0.25) is 5.91 Å². The van der Waals surface area contributed by atoms with Gasteiger partial charge < -0.3 is 15.2 Å². The van der Waals surface area contributed by atoms with Crippen LogP contribution in [-0.4, -0.2) is 40.8 Å². The number of hydrogen-bond donors (Lipinski definition) is 2. The van der Waals surface area contributed by atoms with Gasteiger partial charge in [-0.05, 0) is 32.4 Å². The predicted octanol–water partition coefficient (Wildman–Crippen LogP) is 0.424. The molecule has 2 amide bonds. The van der Waals surface area contributed by atoms with Gasteiger partial charge in [-0.2, -0.15) is 0 Å². The largest absolute Gasteiger partial charge is 0.348 e. The van der Waals surface area contributed by atoms with Gasteiger partial charge in [0.15, 0.2) is 0 Å². The summed E-state index contributed by atoms with van der Waals surface area (Å²) in [5.74, 6) is -0.287. The van der Waals surface area contributed by atoms with Gasteiger partial charge in [0.25, 0.3) is 11.5 Å². The van der Waals surface area contributed by atoms with Crippen LogP contribution in [0.4, 0.5) is 0 Å². The fourth-order valence-electron chi connectivity index (χ4n) is 2.33. The number of amides is 2. The number of hydrogen-bond acceptors (Lipinski definition) is 3. The number of carbonyl (C=O) groups excluding carboxylic acids is 2. The van der Waals surface area contributed by atoms with Crippen LogP contribution in [0.1, 0.15) is 35.8 Å². The van der Waals surface area contributed by atoms with Crippen molar-refractivity contribution in [1.82, 2.24) is 15.2 Å². The zero-order chi connectivity index (χ0) is 14.7. The van der Waals surface area contributed by atoms with E-state index in [0.717, 1.165) is 13.0 Å². The average Bonchev–Trinajstić information content (AvgIpc) is 2.74. The molecule has 2 heterocycles. The highest BCUT2D eigenvalue weighted by Gasteiger charge is 2.22. The van der Waals surface area contributed by atoms with E-state index in [4.69, 9.17) is 0 Å². The molecule has 0 aliphatic carbocycles. The number of rotatable bonds is 4. The summed E-state index contributed by atoms with van der Waals surface area (Å²) in [6, 6.07) is 3.01. The molecule has 108 valence electrons. The normalized spacial score (nSPS) is 16.3. The third-order valence-corrected chi connectivity index (χ3v) is 3.34. The topological polar surface area (TPSA) is 82.3 Å². The minimum atomic E-state index is -0.412. The lowest BCUT2D eigenvalue weighted by atomic mass is 10.2. The minimum absolute atomic E-state index is 0.0928. The summed E-state index contributed by atoms with van der Waals surface area (Å²) < 4.78 is 0. The number of carbonyl (C=O) groups is 2. The van der Waals surface area contributed by atoms with Gasteiger partial charge in [-0.25, -0.2) is 0 Å². The molecule has 0 radical (unpaired) electrons. The van der Waals surface area contributed by atoms with E-state index in [1.54, 1.807) is 17.9 Å². The Hall–Kier alpha value is -2.11. The molecule has 1 aromatic rings. The molecule has 6 heteroatoms. The highest BCUT2D eigenvalue weighted by Crippen LogP contribution is 2.09. The van der Waals surface area contributed by atoms with Crippen LogP contribution in [-0.2, 0) is 4.79 Å². The van der Waals surface area contributed by atoms with Crippen molar-refractivity contribution in [2.24, 2.45) is 0 Å². The Bertz CT molecular complexity index is 579. The highest BCUT2D eigenvalue weighted by molar-refractivity contribution is 5.94. The molecule has 0 unspecified atom stereocenters. The molecule has 0 saturated carbocycles. The molecule has 20 heavy (non-hydrogen) atoms. The lowest BCUT2D eigenvalue weighted by molar-refractivity contribution is -0.127. The fourth-order valence-corrected chi connectivity index (χ4v) is 2.33. The van der Waals surface area contributed by atoms with Gasteiger partial charge in [-0.1, -0.05) is 0 Å². The fraction of sp³-hybridized carbons (Fsp3) is 0.500. The van der Waals surface area contributed by atoms with Crippen molar-refractivity contribution >= 4 is 11.8 Å². The molecule has 1 fully saturated rings. The minimum Gasteiger partial charge on any atom is -0.348 e. The number of nitrogens with one attached hydrogen (secondary N) is 2. The van der Waals surface area contributed by atoms with Crippen LogP contribution in [0.15, 0.2) is 16.9 Å². The van der Waals surface area contributed by atoms with Gasteiger partial charge in [0.05, 0.1) is 0 Å². The van der Waals surface area contributed by atoms with Crippen LogP contribution in [0.5, 0.6) is 0 Å². The molecule has 1 saturated heterocycles. The Morgan fingerprint density at radius 2 is 2.20 bits per heavy atom. The molecule has 1 aliphatic rings. The van der Waals surface area contributed by atoms with E-state index < -0.39 is 11.5 Å². The number of likely N-dealkylation sites (tertiary alicyclic amines) is 1. The molecule has 1 aromatic heterocycles. The number of pyridine rings is 1. The van der Waals surface area contributed by atoms with E-state index in [9.17, 15) is 14.4 Å².